The van der Waals surface area contributed by atoms with Crippen LogP contribution in [-0.4, -0.2) is 41.2 Å². The van der Waals surface area contributed by atoms with Gasteiger partial charge in [0.25, 0.3) is 0 Å². The fraction of sp³-hybridized carbons (Fsp3) is 0.429. The summed E-state index contributed by atoms with van der Waals surface area (Å²) >= 11 is 0. The van der Waals surface area contributed by atoms with Gasteiger partial charge in [0.1, 0.15) is 0 Å². The Bertz CT molecular complexity index is 695. The smallest absolute Gasteiger partial charge is 0.514 e. The molecular weight excluding hydrogens is 351 g/mol. The van der Waals surface area contributed by atoms with E-state index in [1.165, 1.54) is 12.1 Å². The van der Waals surface area contributed by atoms with E-state index in [-0.39, 0.29) is 54.6 Å². The average molecular weight is 366 g/mol. The minimum absolute atomic E-state index is 0. The molecule has 1 aromatic carbocycles. The molecule has 0 spiro atoms. The van der Waals surface area contributed by atoms with Crippen molar-refractivity contribution in [2.24, 2.45) is 11.8 Å². The van der Waals surface area contributed by atoms with Crippen molar-refractivity contribution in [3.8, 4) is 5.75 Å². The summed E-state index contributed by atoms with van der Waals surface area (Å²) in [6.45, 7) is 0. The van der Waals surface area contributed by atoms with Gasteiger partial charge in [0.05, 0.1) is 17.9 Å². The molecule has 0 bridgehead atoms. The normalized spacial score (nSPS) is 23.8. The first-order valence-corrected chi connectivity index (χ1v) is 8.22. The van der Waals surface area contributed by atoms with E-state index in [0.29, 0.717) is 0 Å². The van der Waals surface area contributed by atoms with Crippen molar-refractivity contribution >= 4 is 22.1 Å². The van der Waals surface area contributed by atoms with Crippen LogP contribution in [-0.2, 0) is 19.7 Å². The van der Waals surface area contributed by atoms with Gasteiger partial charge in [0.2, 0.25) is 10.1 Å². The number of hydrogen-bond acceptors (Lipinski definition) is 5. The predicted octanol–water partition coefficient (Wildman–Crippen LogP) is -1.93. The monoisotopic (exact) mass is 366 g/mol. The Morgan fingerprint density at radius 2 is 1.67 bits per heavy atom. The molecule has 1 saturated carbocycles. The summed E-state index contributed by atoms with van der Waals surface area (Å²) in [6.07, 6.45) is -0.669. The summed E-state index contributed by atoms with van der Waals surface area (Å²) < 4.78 is 37.3. The molecule has 2 atom stereocenters. The topological polar surface area (TPSA) is 138 Å². The maximum atomic E-state index is 11.3. The molecule has 0 radical (unpaired) electrons. The first-order valence-electron chi connectivity index (χ1n) is 6.78. The Labute approximate surface area is 160 Å². The van der Waals surface area contributed by atoms with Crippen LogP contribution in [0, 0.1) is 17.9 Å². The van der Waals surface area contributed by atoms with Crippen molar-refractivity contribution in [2.75, 3.05) is 0 Å². The molecule has 1 aliphatic carbocycles. The molecular formula is C14H15NaO8S. The molecule has 1 aliphatic rings. The van der Waals surface area contributed by atoms with Gasteiger partial charge in [-0.2, -0.15) is 18.2 Å². The molecule has 1 fully saturated rings. The van der Waals surface area contributed by atoms with E-state index in [0.717, 1.165) is 6.07 Å². The molecule has 1 aromatic rings. The summed E-state index contributed by atoms with van der Waals surface area (Å²) in [5.74, 6) is -4.19. The maximum Gasteiger partial charge on any atom is 1.00 e. The molecule has 0 heterocycles. The van der Waals surface area contributed by atoms with Gasteiger partial charge in [-0.25, -0.2) is 8.42 Å². The molecule has 0 saturated heterocycles. The molecule has 8 nitrogen and oxygen atoms in total. The maximum absolute atomic E-state index is 11.3. The molecule has 10 heteroatoms. The van der Waals surface area contributed by atoms with Crippen molar-refractivity contribution < 1.29 is 67.1 Å². The third kappa shape index (κ3) is 5.18. The van der Waals surface area contributed by atoms with E-state index >= 15 is 0 Å². The molecule has 3 N–H and O–H groups in total. The first-order chi connectivity index (χ1) is 10.7. The van der Waals surface area contributed by atoms with Gasteiger partial charge in [-0.3, -0.25) is 14.1 Å². The number of carbonyl (C=O) groups is 2. The van der Waals surface area contributed by atoms with Crippen LogP contribution >= 0.6 is 0 Å². The minimum Gasteiger partial charge on any atom is -0.514 e. The summed E-state index contributed by atoms with van der Waals surface area (Å²) in [5.41, 5.74) is 0. The van der Waals surface area contributed by atoms with Crippen LogP contribution in [0.3, 0.4) is 0 Å². The van der Waals surface area contributed by atoms with Crippen molar-refractivity contribution in [3.63, 3.8) is 0 Å². The number of carboxylic acids is 2. The summed E-state index contributed by atoms with van der Waals surface area (Å²) in [4.78, 5) is 21.8. The predicted molar refractivity (Wildman–Crippen MR) is 75.6 cm³/mol. The van der Waals surface area contributed by atoms with Gasteiger partial charge in [0.15, 0.2) is 0 Å². The Balaban J connectivity index is 0.00000288. The van der Waals surface area contributed by atoms with Crippen LogP contribution in [0.2, 0.25) is 0 Å². The van der Waals surface area contributed by atoms with E-state index < -0.39 is 44.9 Å². The van der Waals surface area contributed by atoms with Crippen LogP contribution in [0.4, 0.5) is 0 Å². The Morgan fingerprint density at radius 1 is 1.12 bits per heavy atom. The number of rotatable bonds is 5. The fourth-order valence-electron chi connectivity index (χ4n) is 2.65. The third-order valence-electron chi connectivity index (χ3n) is 3.72. The number of hydrogen-bond donors (Lipinski definition) is 3. The molecule has 2 unspecified atom stereocenters. The van der Waals surface area contributed by atoms with Crippen LogP contribution in [0.15, 0.2) is 23.1 Å². The van der Waals surface area contributed by atoms with Crippen LogP contribution in [0.25, 0.3) is 0 Å². The van der Waals surface area contributed by atoms with Gasteiger partial charge in [0, 0.05) is 10.6 Å². The molecule has 126 valence electrons. The van der Waals surface area contributed by atoms with E-state index in [2.05, 4.69) is 6.07 Å². The van der Waals surface area contributed by atoms with Gasteiger partial charge < -0.3 is 14.9 Å². The van der Waals surface area contributed by atoms with Crippen LogP contribution in [0.5, 0.6) is 5.75 Å². The Morgan fingerprint density at radius 3 is 2.12 bits per heavy atom. The third-order valence-corrected chi connectivity index (χ3v) is 4.60. The second kappa shape index (κ2) is 8.30. The quantitative estimate of drug-likeness (QED) is 0.311. The number of ether oxygens (including phenoxy) is 1. The van der Waals surface area contributed by atoms with Gasteiger partial charge in [-0.1, -0.05) is 0 Å². The van der Waals surface area contributed by atoms with Crippen LogP contribution < -0.4 is 34.3 Å². The van der Waals surface area contributed by atoms with Crippen molar-refractivity contribution in [1.29, 1.82) is 0 Å². The average Bonchev–Trinajstić information content (AvgIpc) is 2.46. The standard InChI is InChI=1S/C14H15O8S.Na/c15-13(16)8-5-9(14(17)18)7-10(6-8)22-11-3-1-2-4-12(11)23(19,20)21;/h1,3-4,8-10H,5-7H2,(H,15,16)(H,17,18)(H,19,20,21);/q-1;+1. The van der Waals surface area contributed by atoms with E-state index in [9.17, 15) is 18.0 Å². The fourth-order valence-corrected chi connectivity index (χ4v) is 3.23. The van der Waals surface area contributed by atoms with Gasteiger partial charge in [-0.15, -0.1) is 6.07 Å². The van der Waals surface area contributed by atoms with Gasteiger partial charge in [-0.05, 0) is 19.3 Å². The second-order valence-corrected chi connectivity index (χ2v) is 6.76. The Hall–Kier alpha value is -1.13. The minimum atomic E-state index is -4.53. The van der Waals surface area contributed by atoms with E-state index in [1.54, 1.807) is 0 Å². The summed E-state index contributed by atoms with van der Waals surface area (Å²) in [5, 5.41) is 18.2. The van der Waals surface area contributed by atoms with Crippen molar-refractivity contribution in [3.05, 3.63) is 24.3 Å². The van der Waals surface area contributed by atoms with E-state index in [1.807, 2.05) is 0 Å². The zero-order valence-electron chi connectivity index (χ0n) is 12.9. The SMILES string of the molecule is O=C(O)C1CC(Oc2cc[c-]cc2S(=O)(=O)O)CC(C(=O)O)C1.[Na+]. The van der Waals surface area contributed by atoms with Crippen molar-refractivity contribution in [2.45, 2.75) is 30.3 Å². The molecule has 0 amide bonds. The molecule has 2 rings (SSSR count). The van der Waals surface area contributed by atoms with E-state index in [4.69, 9.17) is 19.5 Å². The largest absolute Gasteiger partial charge is 1.00 e. The zero-order chi connectivity index (χ0) is 17.2. The number of aliphatic carboxylic acids is 2. The number of benzene rings is 1. The van der Waals surface area contributed by atoms with Gasteiger partial charge >= 0.3 is 41.5 Å². The molecule has 0 aliphatic heterocycles. The summed E-state index contributed by atoms with van der Waals surface area (Å²) in [7, 11) is -4.53. The Kier molecular flexibility index (Phi) is 7.24. The van der Waals surface area contributed by atoms with Crippen LogP contribution in [0.1, 0.15) is 19.3 Å². The summed E-state index contributed by atoms with van der Waals surface area (Å²) in [6, 6.07) is 6.15. The zero-order valence-corrected chi connectivity index (χ0v) is 15.7. The van der Waals surface area contributed by atoms with Crippen molar-refractivity contribution in [1.82, 2.24) is 0 Å². The first kappa shape index (κ1) is 20.9. The second-order valence-electron chi connectivity index (χ2n) is 5.37. The number of carboxylic acid groups (broad SMARTS) is 2. The molecule has 0 aromatic heterocycles. The molecule has 24 heavy (non-hydrogen) atoms.